The van der Waals surface area contributed by atoms with E-state index in [9.17, 15) is 9.90 Å². The maximum Gasteiger partial charge on any atom is 0.312 e. The zero-order valence-electron chi connectivity index (χ0n) is 12.1. The van der Waals surface area contributed by atoms with Gasteiger partial charge in [0.25, 0.3) is 0 Å². The molecule has 1 saturated heterocycles. The van der Waals surface area contributed by atoms with Crippen molar-refractivity contribution in [1.82, 2.24) is 10.2 Å². The van der Waals surface area contributed by atoms with Crippen LogP contribution in [-0.4, -0.2) is 48.2 Å². The van der Waals surface area contributed by atoms with Crippen molar-refractivity contribution in [1.29, 1.82) is 0 Å². The Bertz CT molecular complexity index is 416. The van der Waals surface area contributed by atoms with E-state index in [4.69, 9.17) is 0 Å². The van der Waals surface area contributed by atoms with Crippen molar-refractivity contribution in [3.05, 3.63) is 35.9 Å². The highest BCUT2D eigenvalue weighted by Crippen LogP contribution is 2.15. The molecule has 20 heavy (non-hydrogen) atoms. The van der Waals surface area contributed by atoms with Gasteiger partial charge in [-0.3, -0.25) is 4.79 Å². The molecule has 110 valence electrons. The molecule has 2 unspecified atom stereocenters. The van der Waals surface area contributed by atoms with E-state index < -0.39 is 11.9 Å². The molecule has 2 N–H and O–H groups in total. The van der Waals surface area contributed by atoms with Gasteiger partial charge in [-0.05, 0) is 38.4 Å². The number of nitrogens with zero attached hydrogens (tertiary/aromatic N) is 1. The van der Waals surface area contributed by atoms with Gasteiger partial charge in [0, 0.05) is 19.1 Å². The van der Waals surface area contributed by atoms with Crippen LogP contribution < -0.4 is 5.32 Å². The van der Waals surface area contributed by atoms with E-state index >= 15 is 0 Å². The fraction of sp³-hybridized carbons (Fsp3) is 0.562. The molecule has 4 nitrogen and oxygen atoms in total. The average molecular weight is 276 g/mol. The van der Waals surface area contributed by atoms with Crippen molar-refractivity contribution in [3.8, 4) is 0 Å². The number of hydrogen-bond donors (Lipinski definition) is 2. The van der Waals surface area contributed by atoms with Gasteiger partial charge in [-0.25, -0.2) is 0 Å². The zero-order valence-corrected chi connectivity index (χ0v) is 12.1. The Balaban J connectivity index is 1.84. The minimum atomic E-state index is -0.767. The molecule has 0 amide bonds. The largest absolute Gasteiger partial charge is 0.481 e. The molecule has 2 atom stereocenters. The summed E-state index contributed by atoms with van der Waals surface area (Å²) in [5.41, 5.74) is 0.862. The van der Waals surface area contributed by atoms with Crippen molar-refractivity contribution in [2.45, 2.75) is 31.7 Å². The summed E-state index contributed by atoms with van der Waals surface area (Å²) < 4.78 is 0. The second kappa shape index (κ2) is 7.41. The van der Waals surface area contributed by atoms with Crippen LogP contribution >= 0.6 is 0 Å². The van der Waals surface area contributed by atoms with Crippen LogP contribution in [0.15, 0.2) is 30.3 Å². The van der Waals surface area contributed by atoms with E-state index in [1.54, 1.807) is 0 Å². The third kappa shape index (κ3) is 4.32. The fourth-order valence-corrected chi connectivity index (χ4v) is 2.77. The summed E-state index contributed by atoms with van der Waals surface area (Å²) in [6.45, 7) is 5.96. The normalized spacial score (nSPS) is 18.9. The summed E-state index contributed by atoms with van der Waals surface area (Å²) in [4.78, 5) is 13.8. The number of carboxylic acids is 1. The second-order valence-corrected chi connectivity index (χ2v) is 5.62. The Morgan fingerprint density at radius 1 is 1.30 bits per heavy atom. The van der Waals surface area contributed by atoms with E-state index in [1.807, 2.05) is 30.3 Å². The molecule has 0 aromatic heterocycles. The van der Waals surface area contributed by atoms with Crippen LogP contribution in [0.2, 0.25) is 0 Å². The second-order valence-electron chi connectivity index (χ2n) is 5.62. The first-order valence-corrected chi connectivity index (χ1v) is 7.40. The summed E-state index contributed by atoms with van der Waals surface area (Å²) >= 11 is 0. The molecule has 0 bridgehead atoms. The third-order valence-corrected chi connectivity index (χ3v) is 3.90. The Labute approximate surface area is 120 Å². The number of rotatable bonds is 7. The SMILES string of the molecule is CC(CN1CCCC1)NCC(C(=O)O)c1ccccc1. The summed E-state index contributed by atoms with van der Waals surface area (Å²) in [6.07, 6.45) is 2.57. The van der Waals surface area contributed by atoms with Gasteiger partial charge in [-0.1, -0.05) is 30.3 Å². The van der Waals surface area contributed by atoms with E-state index in [0.717, 1.165) is 12.1 Å². The van der Waals surface area contributed by atoms with Gasteiger partial charge in [0.15, 0.2) is 0 Å². The molecule has 1 aromatic carbocycles. The molecule has 0 saturated carbocycles. The highest BCUT2D eigenvalue weighted by Gasteiger charge is 2.21. The van der Waals surface area contributed by atoms with Gasteiger partial charge in [-0.2, -0.15) is 0 Å². The number of carboxylic acid groups (broad SMARTS) is 1. The van der Waals surface area contributed by atoms with Crippen LogP contribution in [0.4, 0.5) is 0 Å². The van der Waals surface area contributed by atoms with Crippen molar-refractivity contribution in [2.24, 2.45) is 0 Å². The van der Waals surface area contributed by atoms with Crippen molar-refractivity contribution >= 4 is 5.97 Å². The van der Waals surface area contributed by atoms with E-state index in [0.29, 0.717) is 12.6 Å². The lowest BCUT2D eigenvalue weighted by molar-refractivity contribution is -0.138. The van der Waals surface area contributed by atoms with Gasteiger partial charge in [0.1, 0.15) is 0 Å². The predicted octanol–water partition coefficient (Wildman–Crippen LogP) is 1.93. The maximum absolute atomic E-state index is 11.4. The summed E-state index contributed by atoms with van der Waals surface area (Å²) in [7, 11) is 0. The van der Waals surface area contributed by atoms with Gasteiger partial charge in [0.05, 0.1) is 5.92 Å². The molecule has 1 heterocycles. The molecular formula is C16H24N2O2. The van der Waals surface area contributed by atoms with Crippen LogP contribution in [-0.2, 0) is 4.79 Å². The Morgan fingerprint density at radius 2 is 1.95 bits per heavy atom. The predicted molar refractivity (Wildman–Crippen MR) is 80.0 cm³/mol. The lowest BCUT2D eigenvalue weighted by atomic mass is 9.99. The van der Waals surface area contributed by atoms with E-state index in [1.165, 1.54) is 25.9 Å². The van der Waals surface area contributed by atoms with Crippen LogP contribution in [0.1, 0.15) is 31.2 Å². The van der Waals surface area contributed by atoms with E-state index in [-0.39, 0.29) is 0 Å². The Kier molecular flexibility index (Phi) is 5.56. The highest BCUT2D eigenvalue weighted by atomic mass is 16.4. The van der Waals surface area contributed by atoms with Crippen molar-refractivity contribution in [3.63, 3.8) is 0 Å². The standard InChI is InChI=1S/C16H24N2O2/c1-13(12-18-9-5-6-10-18)17-11-15(16(19)20)14-7-3-2-4-8-14/h2-4,7-8,13,15,17H,5-6,9-12H2,1H3,(H,19,20). The number of carbonyl (C=O) groups is 1. The summed E-state index contributed by atoms with van der Waals surface area (Å²) in [5.74, 6) is -1.24. The number of benzene rings is 1. The van der Waals surface area contributed by atoms with Gasteiger partial charge in [0.2, 0.25) is 0 Å². The molecule has 0 aliphatic carbocycles. The lowest BCUT2D eigenvalue weighted by Gasteiger charge is -2.23. The first kappa shape index (κ1) is 15.0. The topological polar surface area (TPSA) is 52.6 Å². The highest BCUT2D eigenvalue weighted by molar-refractivity contribution is 5.76. The monoisotopic (exact) mass is 276 g/mol. The van der Waals surface area contributed by atoms with Gasteiger partial charge < -0.3 is 15.3 Å². The van der Waals surface area contributed by atoms with Gasteiger partial charge in [-0.15, -0.1) is 0 Å². The molecule has 1 aliphatic heterocycles. The minimum Gasteiger partial charge on any atom is -0.481 e. The first-order valence-electron chi connectivity index (χ1n) is 7.40. The van der Waals surface area contributed by atoms with Crippen LogP contribution in [0.5, 0.6) is 0 Å². The Morgan fingerprint density at radius 3 is 2.55 bits per heavy atom. The number of hydrogen-bond acceptors (Lipinski definition) is 3. The molecule has 0 spiro atoms. The Hall–Kier alpha value is -1.39. The molecular weight excluding hydrogens is 252 g/mol. The number of aliphatic carboxylic acids is 1. The summed E-state index contributed by atoms with van der Waals surface area (Å²) in [5, 5.41) is 12.7. The van der Waals surface area contributed by atoms with Crippen molar-refractivity contribution < 1.29 is 9.90 Å². The lowest BCUT2D eigenvalue weighted by Crippen LogP contribution is -2.40. The molecule has 2 rings (SSSR count). The molecule has 1 fully saturated rings. The smallest absolute Gasteiger partial charge is 0.312 e. The average Bonchev–Trinajstić information content (AvgIpc) is 2.92. The van der Waals surface area contributed by atoms with Crippen LogP contribution in [0.3, 0.4) is 0 Å². The molecule has 0 radical (unpaired) electrons. The summed E-state index contributed by atoms with van der Waals surface area (Å²) in [6, 6.07) is 9.76. The molecule has 1 aromatic rings. The quantitative estimate of drug-likeness (QED) is 0.799. The minimum absolute atomic E-state index is 0.318. The fourth-order valence-electron chi connectivity index (χ4n) is 2.77. The number of likely N-dealkylation sites (tertiary alicyclic amines) is 1. The van der Waals surface area contributed by atoms with E-state index in [2.05, 4.69) is 17.1 Å². The molecule has 1 aliphatic rings. The van der Waals surface area contributed by atoms with Crippen LogP contribution in [0, 0.1) is 0 Å². The molecule has 4 heteroatoms. The first-order chi connectivity index (χ1) is 9.66. The van der Waals surface area contributed by atoms with Crippen LogP contribution in [0.25, 0.3) is 0 Å². The third-order valence-electron chi connectivity index (χ3n) is 3.90. The number of nitrogens with one attached hydrogen (secondary N) is 1. The zero-order chi connectivity index (χ0) is 14.4. The maximum atomic E-state index is 11.4. The van der Waals surface area contributed by atoms with Gasteiger partial charge >= 0.3 is 5.97 Å². The van der Waals surface area contributed by atoms with Crippen molar-refractivity contribution in [2.75, 3.05) is 26.2 Å².